The molecule has 0 atom stereocenters. The predicted octanol–water partition coefficient (Wildman–Crippen LogP) is 4.33. The minimum Gasteiger partial charge on any atom is -0.356 e. The van der Waals surface area contributed by atoms with Crippen molar-refractivity contribution < 1.29 is 4.39 Å². The second-order valence-electron chi connectivity index (χ2n) is 7.49. The summed E-state index contributed by atoms with van der Waals surface area (Å²) in [6, 6.07) is 5.21. The van der Waals surface area contributed by atoms with Gasteiger partial charge in [0.05, 0.1) is 17.6 Å². The van der Waals surface area contributed by atoms with E-state index in [1.54, 1.807) is 27.5 Å². The van der Waals surface area contributed by atoms with Crippen LogP contribution in [0.3, 0.4) is 0 Å². The van der Waals surface area contributed by atoms with Crippen molar-refractivity contribution in [1.29, 1.82) is 0 Å². The summed E-state index contributed by atoms with van der Waals surface area (Å²) < 4.78 is 18.0. The molecule has 0 unspecified atom stereocenters. The molecule has 0 saturated carbocycles. The number of aryl methyl sites for hydroxylation is 1. The number of nitrogens with one attached hydrogen (secondary N) is 1. The summed E-state index contributed by atoms with van der Waals surface area (Å²) in [5.41, 5.74) is 2.35. The third kappa shape index (κ3) is 3.44. The van der Waals surface area contributed by atoms with Crippen molar-refractivity contribution in [3.8, 4) is 5.69 Å². The van der Waals surface area contributed by atoms with Gasteiger partial charge in [0.1, 0.15) is 11.6 Å². The molecule has 1 aromatic carbocycles. The number of nitrogens with zero attached hydrogens (tertiary/aromatic N) is 5. The summed E-state index contributed by atoms with van der Waals surface area (Å²) in [6.07, 6.45) is 5.37. The van der Waals surface area contributed by atoms with Gasteiger partial charge in [-0.2, -0.15) is 0 Å². The van der Waals surface area contributed by atoms with Crippen LogP contribution in [0.2, 0.25) is 0 Å². The molecule has 0 aliphatic carbocycles. The van der Waals surface area contributed by atoms with E-state index in [9.17, 15) is 4.39 Å². The number of anilines is 1. The number of aromatic nitrogens is 5. The van der Waals surface area contributed by atoms with E-state index in [1.165, 1.54) is 17.4 Å². The maximum atomic E-state index is 14.5. The highest BCUT2D eigenvalue weighted by Gasteiger charge is 2.19. The molecule has 0 bridgehead atoms. The molecule has 8 heteroatoms. The van der Waals surface area contributed by atoms with E-state index >= 15 is 0 Å². The average molecular weight is 384 g/mol. The molecule has 0 amide bonds. The first-order chi connectivity index (χ1) is 12.8. The van der Waals surface area contributed by atoms with Crippen molar-refractivity contribution in [2.24, 2.45) is 0 Å². The van der Waals surface area contributed by atoms with Gasteiger partial charge >= 0.3 is 0 Å². The number of benzene rings is 1. The standard InChI is InChI=1S/C19H21FN6S/c1-12-21-7-8-25(12)15-6-5-13(9-14(15)20)10-22-17-24-26-11-16(19(2,3)4)23-18(26)27-17/h5-9,11H,10H2,1-4H3,(H,22,24). The minimum atomic E-state index is -0.279. The molecule has 27 heavy (non-hydrogen) atoms. The van der Waals surface area contributed by atoms with Crippen LogP contribution >= 0.6 is 11.3 Å². The number of hydrogen-bond donors (Lipinski definition) is 1. The number of halogens is 1. The van der Waals surface area contributed by atoms with Crippen LogP contribution in [0, 0.1) is 12.7 Å². The lowest BCUT2D eigenvalue weighted by molar-refractivity contribution is 0.572. The Morgan fingerprint density at radius 3 is 2.70 bits per heavy atom. The molecule has 0 spiro atoms. The van der Waals surface area contributed by atoms with Gasteiger partial charge in [0.25, 0.3) is 0 Å². The number of rotatable bonds is 4. The van der Waals surface area contributed by atoms with Gasteiger partial charge in [0.15, 0.2) is 0 Å². The van der Waals surface area contributed by atoms with Crippen molar-refractivity contribution in [2.45, 2.75) is 39.7 Å². The second-order valence-corrected chi connectivity index (χ2v) is 8.45. The zero-order valence-electron chi connectivity index (χ0n) is 15.7. The van der Waals surface area contributed by atoms with Gasteiger partial charge in [0, 0.05) is 24.4 Å². The minimum absolute atomic E-state index is 0.00607. The smallest absolute Gasteiger partial charge is 0.214 e. The first kappa shape index (κ1) is 17.7. The van der Waals surface area contributed by atoms with E-state index in [1.807, 2.05) is 19.2 Å². The first-order valence-electron chi connectivity index (χ1n) is 8.70. The van der Waals surface area contributed by atoms with Crippen LogP contribution in [0.1, 0.15) is 37.9 Å². The highest BCUT2D eigenvalue weighted by Crippen LogP contribution is 2.26. The fraction of sp³-hybridized carbons (Fsp3) is 0.316. The monoisotopic (exact) mass is 384 g/mol. The highest BCUT2D eigenvalue weighted by molar-refractivity contribution is 7.20. The summed E-state index contributed by atoms with van der Waals surface area (Å²) >= 11 is 1.48. The molecule has 0 aliphatic rings. The third-order valence-electron chi connectivity index (χ3n) is 4.35. The molecule has 0 fully saturated rings. The summed E-state index contributed by atoms with van der Waals surface area (Å²) in [4.78, 5) is 9.62. The Labute approximate surface area is 160 Å². The van der Waals surface area contributed by atoms with Crippen molar-refractivity contribution >= 4 is 21.4 Å². The fourth-order valence-electron chi connectivity index (χ4n) is 2.80. The van der Waals surface area contributed by atoms with Crippen LogP contribution in [-0.4, -0.2) is 24.1 Å². The van der Waals surface area contributed by atoms with E-state index in [4.69, 9.17) is 0 Å². The van der Waals surface area contributed by atoms with Crippen LogP contribution in [0.4, 0.5) is 9.52 Å². The summed E-state index contributed by atoms with van der Waals surface area (Å²) in [6.45, 7) is 8.72. The Morgan fingerprint density at radius 2 is 2.07 bits per heavy atom. The molecule has 6 nitrogen and oxygen atoms in total. The van der Waals surface area contributed by atoms with E-state index < -0.39 is 0 Å². The molecule has 1 N–H and O–H groups in total. The molecule has 4 rings (SSSR count). The topological polar surface area (TPSA) is 60.0 Å². The number of hydrogen-bond acceptors (Lipinski definition) is 5. The summed E-state index contributed by atoms with van der Waals surface area (Å²) in [5.74, 6) is 0.472. The van der Waals surface area contributed by atoms with Gasteiger partial charge in [0.2, 0.25) is 10.1 Å². The molecule has 0 radical (unpaired) electrons. The SMILES string of the molecule is Cc1nccn1-c1ccc(CNc2nn3cc(C(C)(C)C)nc3s2)cc1F. The van der Waals surface area contributed by atoms with Crippen LogP contribution in [0.5, 0.6) is 0 Å². The lowest BCUT2D eigenvalue weighted by atomic mass is 9.93. The number of fused-ring (bicyclic) bond motifs is 1. The van der Waals surface area contributed by atoms with Crippen LogP contribution in [0.15, 0.2) is 36.8 Å². The first-order valence-corrected chi connectivity index (χ1v) is 9.52. The zero-order chi connectivity index (χ0) is 19.2. The van der Waals surface area contributed by atoms with Gasteiger partial charge in [-0.1, -0.05) is 38.2 Å². The Bertz CT molecular complexity index is 1070. The number of imidazole rings is 2. The molecular formula is C19H21FN6S. The van der Waals surface area contributed by atoms with E-state index in [2.05, 4.69) is 41.2 Å². The van der Waals surface area contributed by atoms with E-state index in [-0.39, 0.29) is 11.2 Å². The van der Waals surface area contributed by atoms with Crippen LogP contribution in [-0.2, 0) is 12.0 Å². The van der Waals surface area contributed by atoms with Crippen molar-refractivity contribution in [3.05, 3.63) is 59.7 Å². The second kappa shape index (κ2) is 6.45. The molecule has 0 saturated heterocycles. The van der Waals surface area contributed by atoms with E-state index in [0.717, 1.165) is 27.2 Å². The van der Waals surface area contributed by atoms with Crippen molar-refractivity contribution in [3.63, 3.8) is 0 Å². The normalized spacial score (nSPS) is 12.0. The average Bonchev–Trinajstić information content (AvgIpc) is 3.27. The van der Waals surface area contributed by atoms with Gasteiger partial charge in [-0.25, -0.2) is 18.9 Å². The van der Waals surface area contributed by atoms with Gasteiger partial charge < -0.3 is 9.88 Å². The lowest BCUT2D eigenvalue weighted by Crippen LogP contribution is -2.11. The van der Waals surface area contributed by atoms with Crippen molar-refractivity contribution in [2.75, 3.05) is 5.32 Å². The summed E-state index contributed by atoms with van der Waals surface area (Å²) in [7, 11) is 0. The van der Waals surface area contributed by atoms with Gasteiger partial charge in [-0.3, -0.25) is 0 Å². The summed E-state index contributed by atoms with van der Waals surface area (Å²) in [5, 5.41) is 8.52. The molecule has 140 valence electrons. The third-order valence-corrected chi connectivity index (χ3v) is 5.23. The Kier molecular flexibility index (Phi) is 4.22. The van der Waals surface area contributed by atoms with Crippen LogP contribution in [0.25, 0.3) is 10.6 Å². The predicted molar refractivity (Wildman–Crippen MR) is 105 cm³/mol. The Morgan fingerprint density at radius 1 is 1.26 bits per heavy atom. The van der Waals surface area contributed by atoms with Gasteiger partial charge in [-0.15, -0.1) is 5.10 Å². The Hall–Kier alpha value is -2.74. The largest absolute Gasteiger partial charge is 0.356 e. The van der Waals surface area contributed by atoms with Crippen molar-refractivity contribution in [1.82, 2.24) is 24.1 Å². The molecule has 3 aromatic heterocycles. The quantitative estimate of drug-likeness (QED) is 0.569. The fourth-order valence-corrected chi connectivity index (χ4v) is 3.58. The Balaban J connectivity index is 1.49. The van der Waals surface area contributed by atoms with E-state index in [0.29, 0.717) is 12.2 Å². The molecule has 3 heterocycles. The maximum Gasteiger partial charge on any atom is 0.214 e. The molecule has 4 aromatic rings. The molecule has 0 aliphatic heterocycles. The maximum absolute atomic E-state index is 14.5. The van der Waals surface area contributed by atoms with Gasteiger partial charge in [-0.05, 0) is 24.6 Å². The lowest BCUT2D eigenvalue weighted by Gasteiger charge is -2.13. The highest BCUT2D eigenvalue weighted by atomic mass is 32.1. The van der Waals surface area contributed by atoms with Crippen LogP contribution < -0.4 is 5.32 Å². The molecular weight excluding hydrogens is 363 g/mol. The zero-order valence-corrected chi connectivity index (χ0v) is 16.5.